The Morgan fingerprint density at radius 3 is 2.67 bits per heavy atom. The fourth-order valence-corrected chi connectivity index (χ4v) is 2.80. The molecule has 0 bridgehead atoms. The van der Waals surface area contributed by atoms with Gasteiger partial charge in [0.15, 0.2) is 6.23 Å². The first kappa shape index (κ1) is 21.3. The van der Waals surface area contributed by atoms with Crippen LogP contribution in [0.4, 0.5) is 0 Å². The average Bonchev–Trinajstić information content (AvgIpc) is 2.87. The lowest BCUT2D eigenvalue weighted by Gasteiger charge is -2.16. The summed E-state index contributed by atoms with van der Waals surface area (Å²) in [6.45, 7) is 6.61. The van der Waals surface area contributed by atoms with Crippen LogP contribution in [-0.2, 0) is 9.47 Å². The van der Waals surface area contributed by atoms with E-state index in [1.54, 1.807) is 0 Å². The second-order valence-corrected chi connectivity index (χ2v) is 6.97. The van der Waals surface area contributed by atoms with Gasteiger partial charge >= 0.3 is 5.69 Å². The zero-order chi connectivity index (χ0) is 20.0. The molecule has 1 aromatic heterocycles. The van der Waals surface area contributed by atoms with Gasteiger partial charge in [0, 0.05) is 12.3 Å². The van der Waals surface area contributed by atoms with Gasteiger partial charge in [-0.2, -0.15) is 0 Å². The largest absolute Gasteiger partial charge is 0.387 e. The maximum Gasteiger partial charge on any atom is 0.330 e. The molecule has 1 saturated heterocycles. The number of ether oxygens (including phenoxy) is 2. The number of hydrogen-bond acceptors (Lipinski definition) is 6. The van der Waals surface area contributed by atoms with Crippen molar-refractivity contribution in [3.63, 3.8) is 0 Å². The number of aromatic amines is 1. The SMILES string of the molecule is CC(C)=CCC/C(C)=C/COC[C@@H]1O[C@H](n2ccc(=O)[nH]c2=O)[C@@H](O)[C@@H]1O. The van der Waals surface area contributed by atoms with Crippen LogP contribution in [-0.4, -0.2) is 51.3 Å². The fraction of sp³-hybridized carbons (Fsp3) is 0.579. The number of aliphatic hydroxyl groups is 2. The monoisotopic (exact) mass is 380 g/mol. The van der Waals surface area contributed by atoms with Gasteiger partial charge in [-0.15, -0.1) is 0 Å². The van der Waals surface area contributed by atoms with E-state index < -0.39 is 35.8 Å². The van der Waals surface area contributed by atoms with Gasteiger partial charge in [0.2, 0.25) is 0 Å². The summed E-state index contributed by atoms with van der Waals surface area (Å²) in [4.78, 5) is 25.1. The number of allylic oxidation sites excluding steroid dienone is 3. The van der Waals surface area contributed by atoms with Gasteiger partial charge in [-0.3, -0.25) is 14.3 Å². The first-order chi connectivity index (χ1) is 12.8. The molecule has 150 valence electrons. The Morgan fingerprint density at radius 1 is 1.26 bits per heavy atom. The van der Waals surface area contributed by atoms with Crippen molar-refractivity contribution in [2.75, 3.05) is 13.2 Å². The molecule has 2 rings (SSSR count). The lowest BCUT2D eigenvalue weighted by molar-refractivity contribution is -0.0652. The van der Waals surface area contributed by atoms with Crippen molar-refractivity contribution in [1.29, 1.82) is 0 Å². The van der Waals surface area contributed by atoms with Gasteiger partial charge in [-0.1, -0.05) is 23.3 Å². The molecule has 1 aliphatic heterocycles. The smallest absolute Gasteiger partial charge is 0.330 e. The second-order valence-electron chi connectivity index (χ2n) is 6.97. The van der Waals surface area contributed by atoms with Crippen LogP contribution in [0.15, 0.2) is 45.2 Å². The molecule has 3 N–H and O–H groups in total. The molecule has 0 unspecified atom stereocenters. The van der Waals surface area contributed by atoms with Crippen molar-refractivity contribution in [3.05, 3.63) is 56.4 Å². The van der Waals surface area contributed by atoms with Crippen LogP contribution in [0.25, 0.3) is 0 Å². The third kappa shape index (κ3) is 6.00. The molecular weight excluding hydrogens is 352 g/mol. The van der Waals surface area contributed by atoms with Gasteiger partial charge < -0.3 is 19.7 Å². The molecule has 8 heteroatoms. The first-order valence-corrected chi connectivity index (χ1v) is 8.99. The van der Waals surface area contributed by atoms with Crippen LogP contribution in [0, 0.1) is 0 Å². The number of aromatic nitrogens is 2. The normalized spacial score (nSPS) is 25.6. The van der Waals surface area contributed by atoms with Crippen LogP contribution in [0.1, 0.15) is 39.8 Å². The predicted octanol–water partition coefficient (Wildman–Crippen LogP) is 0.865. The number of rotatable bonds is 8. The third-order valence-electron chi connectivity index (χ3n) is 4.39. The lowest BCUT2D eigenvalue weighted by Crippen LogP contribution is -2.37. The maximum atomic E-state index is 11.8. The Hall–Kier alpha value is -2.00. The highest BCUT2D eigenvalue weighted by Crippen LogP contribution is 2.28. The van der Waals surface area contributed by atoms with Crippen molar-refractivity contribution >= 4 is 0 Å². The number of H-pyrrole nitrogens is 1. The molecule has 0 amide bonds. The van der Waals surface area contributed by atoms with E-state index in [0.29, 0.717) is 6.61 Å². The zero-order valence-electron chi connectivity index (χ0n) is 15.9. The van der Waals surface area contributed by atoms with E-state index >= 15 is 0 Å². The molecule has 0 saturated carbocycles. The van der Waals surface area contributed by atoms with Crippen molar-refractivity contribution in [2.24, 2.45) is 0 Å². The zero-order valence-corrected chi connectivity index (χ0v) is 15.9. The predicted molar refractivity (Wildman–Crippen MR) is 100 cm³/mol. The Balaban J connectivity index is 1.86. The molecule has 0 radical (unpaired) electrons. The van der Waals surface area contributed by atoms with Crippen molar-refractivity contribution in [3.8, 4) is 0 Å². The molecule has 2 heterocycles. The highest BCUT2D eigenvalue weighted by Gasteiger charge is 2.44. The standard InChI is InChI=1S/C19H28N2O6/c1-12(2)5-4-6-13(3)8-10-26-11-14-16(23)17(24)18(27-14)21-9-7-15(22)20-19(21)25/h5,7-9,14,16-18,23-24H,4,6,10-11H2,1-3H3,(H,20,22,25)/b13-8+/t14-,16+,17-,18-/m0/s1. The highest BCUT2D eigenvalue weighted by atomic mass is 16.6. The van der Waals surface area contributed by atoms with E-state index in [4.69, 9.17) is 9.47 Å². The molecule has 0 aliphatic carbocycles. The molecule has 4 atom stereocenters. The van der Waals surface area contributed by atoms with E-state index in [2.05, 4.69) is 24.9 Å². The number of nitrogens with one attached hydrogen (secondary N) is 1. The minimum atomic E-state index is -1.30. The van der Waals surface area contributed by atoms with Crippen molar-refractivity contribution < 1.29 is 19.7 Å². The average molecular weight is 380 g/mol. The molecule has 1 fully saturated rings. The van der Waals surface area contributed by atoms with Gasteiger partial charge in [-0.05, 0) is 33.6 Å². The summed E-state index contributed by atoms with van der Waals surface area (Å²) >= 11 is 0. The fourth-order valence-electron chi connectivity index (χ4n) is 2.80. The number of hydrogen-bond donors (Lipinski definition) is 3. The minimum Gasteiger partial charge on any atom is -0.387 e. The second kappa shape index (κ2) is 9.80. The third-order valence-corrected chi connectivity index (χ3v) is 4.39. The van der Waals surface area contributed by atoms with Gasteiger partial charge in [-0.25, -0.2) is 4.79 Å². The summed E-state index contributed by atoms with van der Waals surface area (Å²) in [6.07, 6.45) is 2.96. The molecular formula is C19H28N2O6. The Morgan fingerprint density at radius 2 is 2.00 bits per heavy atom. The molecule has 0 aromatic carbocycles. The van der Waals surface area contributed by atoms with Crippen LogP contribution in [0.5, 0.6) is 0 Å². The summed E-state index contributed by atoms with van der Waals surface area (Å²) in [7, 11) is 0. The highest BCUT2D eigenvalue weighted by molar-refractivity contribution is 5.02. The molecule has 1 aromatic rings. The molecule has 27 heavy (non-hydrogen) atoms. The minimum absolute atomic E-state index is 0.0740. The summed E-state index contributed by atoms with van der Waals surface area (Å²) in [5.74, 6) is 0. The Labute approximate surface area is 157 Å². The van der Waals surface area contributed by atoms with Crippen LogP contribution >= 0.6 is 0 Å². The van der Waals surface area contributed by atoms with E-state index in [-0.39, 0.29) is 6.61 Å². The van der Waals surface area contributed by atoms with Crippen LogP contribution in [0.2, 0.25) is 0 Å². The summed E-state index contributed by atoms with van der Waals surface area (Å²) in [5.41, 5.74) is 1.24. The van der Waals surface area contributed by atoms with Gasteiger partial charge in [0.05, 0.1) is 13.2 Å². The Bertz CT molecular complexity index is 790. The summed E-state index contributed by atoms with van der Waals surface area (Å²) in [5, 5.41) is 20.3. The van der Waals surface area contributed by atoms with Crippen LogP contribution < -0.4 is 11.2 Å². The molecule has 0 spiro atoms. The van der Waals surface area contributed by atoms with E-state index in [9.17, 15) is 19.8 Å². The molecule has 8 nitrogen and oxygen atoms in total. The summed E-state index contributed by atoms with van der Waals surface area (Å²) < 4.78 is 12.2. The van der Waals surface area contributed by atoms with E-state index in [1.165, 1.54) is 17.3 Å². The van der Waals surface area contributed by atoms with Crippen molar-refractivity contribution in [2.45, 2.75) is 58.2 Å². The maximum absolute atomic E-state index is 11.8. The quantitative estimate of drug-likeness (QED) is 0.455. The van der Waals surface area contributed by atoms with Crippen LogP contribution in [0.3, 0.4) is 0 Å². The van der Waals surface area contributed by atoms with Crippen molar-refractivity contribution in [1.82, 2.24) is 9.55 Å². The first-order valence-electron chi connectivity index (χ1n) is 8.99. The van der Waals surface area contributed by atoms with E-state index in [1.807, 2.05) is 13.0 Å². The summed E-state index contributed by atoms with van der Waals surface area (Å²) in [6, 6.07) is 1.15. The molecule has 1 aliphatic rings. The van der Waals surface area contributed by atoms with E-state index in [0.717, 1.165) is 23.5 Å². The number of aliphatic hydroxyl groups excluding tert-OH is 2. The number of nitrogens with zero attached hydrogens (tertiary/aromatic N) is 1. The topological polar surface area (TPSA) is 114 Å². The Kier molecular flexibility index (Phi) is 7.73. The lowest BCUT2D eigenvalue weighted by atomic mass is 10.1. The van der Waals surface area contributed by atoms with Gasteiger partial charge in [0.25, 0.3) is 5.56 Å². The van der Waals surface area contributed by atoms with Gasteiger partial charge in [0.1, 0.15) is 18.3 Å².